The van der Waals surface area contributed by atoms with Gasteiger partial charge in [-0.15, -0.1) is 0 Å². The zero-order valence-electron chi connectivity index (χ0n) is 11.0. The number of nitrogens with one attached hydrogen (secondary N) is 3. The van der Waals surface area contributed by atoms with E-state index in [4.69, 9.17) is 5.73 Å². The second kappa shape index (κ2) is 5.22. The first kappa shape index (κ1) is 13.1. The third kappa shape index (κ3) is 2.67. The van der Waals surface area contributed by atoms with E-state index in [0.29, 0.717) is 28.0 Å². The third-order valence-electron chi connectivity index (χ3n) is 3.06. The van der Waals surface area contributed by atoms with Gasteiger partial charge in [-0.2, -0.15) is 0 Å². The topological polar surface area (TPSA) is 117 Å². The van der Waals surface area contributed by atoms with Crippen LogP contribution in [0, 0.1) is 0 Å². The summed E-state index contributed by atoms with van der Waals surface area (Å²) in [5.41, 5.74) is 8.26. The van der Waals surface area contributed by atoms with Crippen molar-refractivity contribution in [2.45, 2.75) is 6.54 Å². The molecule has 3 rings (SSSR count). The summed E-state index contributed by atoms with van der Waals surface area (Å²) >= 11 is 0. The summed E-state index contributed by atoms with van der Waals surface area (Å²) in [5.74, 6) is -0.260. The van der Waals surface area contributed by atoms with Gasteiger partial charge in [0.05, 0.1) is 16.7 Å². The molecule has 0 spiro atoms. The number of aromatic nitrogens is 3. The lowest BCUT2D eigenvalue weighted by Crippen LogP contribution is -2.13. The van der Waals surface area contributed by atoms with E-state index >= 15 is 0 Å². The first-order chi connectivity index (χ1) is 10.2. The van der Waals surface area contributed by atoms with Gasteiger partial charge in [0.1, 0.15) is 0 Å². The number of pyridine rings is 1. The van der Waals surface area contributed by atoms with Gasteiger partial charge in [0.2, 0.25) is 0 Å². The molecule has 0 aliphatic heterocycles. The van der Waals surface area contributed by atoms with Crippen LogP contribution in [0.3, 0.4) is 0 Å². The smallest absolute Gasteiger partial charge is 0.323 e. The monoisotopic (exact) mass is 283 g/mol. The van der Waals surface area contributed by atoms with Crippen LogP contribution in [0.5, 0.6) is 0 Å². The molecule has 3 aromatic rings. The van der Waals surface area contributed by atoms with Crippen molar-refractivity contribution >= 4 is 22.6 Å². The minimum Gasteiger partial charge on any atom is -0.325 e. The summed E-state index contributed by atoms with van der Waals surface area (Å²) < 4.78 is 0. The van der Waals surface area contributed by atoms with Gasteiger partial charge in [-0.05, 0) is 30.3 Å². The van der Waals surface area contributed by atoms with Crippen LogP contribution in [0.4, 0.5) is 5.69 Å². The number of hydrogen-bond donors (Lipinski definition) is 4. The van der Waals surface area contributed by atoms with Gasteiger partial charge < -0.3 is 21.0 Å². The number of hydrogen-bond acceptors (Lipinski definition) is 4. The third-order valence-corrected chi connectivity index (χ3v) is 3.06. The fourth-order valence-corrected chi connectivity index (χ4v) is 2.04. The molecule has 5 N–H and O–H groups in total. The van der Waals surface area contributed by atoms with Crippen molar-refractivity contribution in [1.29, 1.82) is 0 Å². The van der Waals surface area contributed by atoms with Crippen molar-refractivity contribution < 1.29 is 4.79 Å². The highest BCUT2D eigenvalue weighted by Gasteiger charge is 2.08. The van der Waals surface area contributed by atoms with Crippen LogP contribution in [0.25, 0.3) is 11.0 Å². The number of carbonyl (C=O) groups excluding carboxylic acids is 1. The van der Waals surface area contributed by atoms with Gasteiger partial charge in [0.15, 0.2) is 0 Å². The van der Waals surface area contributed by atoms with Gasteiger partial charge in [-0.1, -0.05) is 0 Å². The second-order valence-electron chi connectivity index (χ2n) is 4.53. The molecule has 0 bridgehead atoms. The molecule has 0 saturated carbocycles. The Bertz CT molecular complexity index is 865. The van der Waals surface area contributed by atoms with Crippen LogP contribution in [0.1, 0.15) is 16.1 Å². The molecular formula is C14H13N5O2. The Morgan fingerprint density at radius 1 is 1.19 bits per heavy atom. The molecule has 0 atom stereocenters. The molecule has 7 nitrogen and oxygen atoms in total. The minimum atomic E-state index is -0.282. The summed E-state index contributed by atoms with van der Waals surface area (Å²) in [6.07, 6.45) is 1.55. The summed E-state index contributed by atoms with van der Waals surface area (Å²) in [6.45, 7) is 0.275. The predicted molar refractivity (Wildman–Crippen MR) is 79.0 cm³/mol. The number of imidazole rings is 1. The fourth-order valence-electron chi connectivity index (χ4n) is 2.04. The standard InChI is InChI=1S/C14H13N5O2/c15-7-10-5-8(3-4-16-10)13(20)17-9-1-2-11-12(6-9)19-14(21)18-11/h1-6H,7,15H2,(H,17,20)(H2,18,19,21). The van der Waals surface area contributed by atoms with Crippen molar-refractivity contribution in [3.63, 3.8) is 0 Å². The highest BCUT2D eigenvalue weighted by atomic mass is 16.2. The van der Waals surface area contributed by atoms with Crippen LogP contribution in [-0.4, -0.2) is 20.9 Å². The zero-order chi connectivity index (χ0) is 14.8. The normalized spacial score (nSPS) is 10.7. The first-order valence-electron chi connectivity index (χ1n) is 6.34. The van der Waals surface area contributed by atoms with Crippen molar-refractivity contribution in [3.05, 3.63) is 58.3 Å². The van der Waals surface area contributed by atoms with E-state index in [1.807, 2.05) is 0 Å². The average Bonchev–Trinajstić information content (AvgIpc) is 2.86. The van der Waals surface area contributed by atoms with E-state index in [9.17, 15) is 9.59 Å². The predicted octanol–water partition coefficient (Wildman–Crippen LogP) is 0.962. The molecule has 0 unspecified atom stereocenters. The molecule has 21 heavy (non-hydrogen) atoms. The van der Waals surface area contributed by atoms with E-state index in [-0.39, 0.29) is 18.1 Å². The zero-order valence-corrected chi connectivity index (χ0v) is 11.0. The van der Waals surface area contributed by atoms with E-state index < -0.39 is 0 Å². The Morgan fingerprint density at radius 3 is 2.81 bits per heavy atom. The first-order valence-corrected chi connectivity index (χ1v) is 6.34. The van der Waals surface area contributed by atoms with Crippen molar-refractivity contribution in [2.75, 3.05) is 5.32 Å². The number of anilines is 1. The molecular weight excluding hydrogens is 270 g/mol. The lowest BCUT2D eigenvalue weighted by molar-refractivity contribution is 0.102. The lowest BCUT2D eigenvalue weighted by atomic mass is 10.2. The van der Waals surface area contributed by atoms with Gasteiger partial charge in [-0.3, -0.25) is 9.78 Å². The maximum atomic E-state index is 12.2. The van der Waals surface area contributed by atoms with Gasteiger partial charge >= 0.3 is 5.69 Å². The van der Waals surface area contributed by atoms with Crippen LogP contribution in [0.2, 0.25) is 0 Å². The average molecular weight is 283 g/mol. The molecule has 0 radical (unpaired) electrons. The molecule has 0 aliphatic carbocycles. The van der Waals surface area contributed by atoms with Crippen LogP contribution < -0.4 is 16.7 Å². The second-order valence-corrected chi connectivity index (χ2v) is 4.53. The fraction of sp³-hybridized carbons (Fsp3) is 0.0714. The summed E-state index contributed by atoms with van der Waals surface area (Å²) in [4.78, 5) is 32.7. The van der Waals surface area contributed by atoms with Crippen LogP contribution >= 0.6 is 0 Å². The Labute approximate surface area is 119 Å². The van der Waals surface area contributed by atoms with E-state index in [0.717, 1.165) is 0 Å². The lowest BCUT2D eigenvalue weighted by Gasteiger charge is -2.06. The van der Waals surface area contributed by atoms with E-state index in [1.165, 1.54) is 0 Å². The molecule has 0 aliphatic rings. The molecule has 1 aromatic carbocycles. The molecule has 2 aromatic heterocycles. The summed E-state index contributed by atoms with van der Waals surface area (Å²) in [6, 6.07) is 8.39. The Balaban J connectivity index is 1.86. The largest absolute Gasteiger partial charge is 0.325 e. The number of nitrogens with zero attached hydrogens (tertiary/aromatic N) is 1. The number of amides is 1. The van der Waals surface area contributed by atoms with Crippen molar-refractivity contribution in [1.82, 2.24) is 15.0 Å². The molecule has 7 heteroatoms. The SMILES string of the molecule is NCc1cc(C(=O)Nc2ccc3[nH]c(=O)[nH]c3c2)ccn1. The number of rotatable bonds is 3. The Morgan fingerprint density at radius 2 is 2.00 bits per heavy atom. The van der Waals surface area contributed by atoms with Crippen LogP contribution in [0.15, 0.2) is 41.3 Å². The van der Waals surface area contributed by atoms with Gasteiger partial charge in [0.25, 0.3) is 5.91 Å². The molecule has 1 amide bonds. The quantitative estimate of drug-likeness (QED) is 0.572. The summed E-state index contributed by atoms with van der Waals surface area (Å²) in [5, 5.41) is 2.77. The minimum absolute atomic E-state index is 0.260. The van der Waals surface area contributed by atoms with Crippen molar-refractivity contribution in [3.8, 4) is 0 Å². The van der Waals surface area contributed by atoms with Crippen LogP contribution in [-0.2, 0) is 6.54 Å². The highest BCUT2D eigenvalue weighted by molar-refractivity contribution is 6.04. The van der Waals surface area contributed by atoms with Gasteiger partial charge in [-0.25, -0.2) is 4.79 Å². The van der Waals surface area contributed by atoms with Gasteiger partial charge in [0, 0.05) is 24.0 Å². The van der Waals surface area contributed by atoms with E-state index in [2.05, 4.69) is 20.3 Å². The number of aromatic amines is 2. The number of fused-ring (bicyclic) bond motifs is 1. The maximum Gasteiger partial charge on any atom is 0.323 e. The number of nitrogens with two attached hydrogens (primary N) is 1. The summed E-state index contributed by atoms with van der Waals surface area (Å²) in [7, 11) is 0. The number of H-pyrrole nitrogens is 2. The highest BCUT2D eigenvalue weighted by Crippen LogP contribution is 2.15. The molecule has 106 valence electrons. The van der Waals surface area contributed by atoms with E-state index in [1.54, 1.807) is 36.5 Å². The Kier molecular flexibility index (Phi) is 3.25. The van der Waals surface area contributed by atoms with Crippen molar-refractivity contribution in [2.24, 2.45) is 5.73 Å². The molecule has 2 heterocycles. The molecule has 0 saturated heterocycles. The number of benzene rings is 1. The number of carbonyl (C=O) groups is 1. The molecule has 0 fully saturated rings. The Hall–Kier alpha value is -2.93. The maximum absolute atomic E-state index is 12.2.